The third-order valence-electron chi connectivity index (χ3n) is 2.03. The molecule has 0 unspecified atom stereocenters. The highest BCUT2D eigenvalue weighted by Crippen LogP contribution is 2.09. The molecule has 0 fully saturated rings. The number of pyridine rings is 1. The molecule has 0 spiro atoms. The van der Waals surface area contributed by atoms with E-state index < -0.39 is 0 Å². The SMILES string of the molecule is O=C(Cc1ccccn1)Oc1ccccc1. The van der Waals surface area contributed by atoms with Gasteiger partial charge in [-0.1, -0.05) is 24.3 Å². The third kappa shape index (κ3) is 2.92. The van der Waals surface area contributed by atoms with Gasteiger partial charge in [0.15, 0.2) is 0 Å². The minimum atomic E-state index is -0.301. The lowest BCUT2D eigenvalue weighted by Gasteiger charge is -2.03. The highest BCUT2D eigenvalue weighted by molar-refractivity contribution is 5.74. The van der Waals surface area contributed by atoms with Crippen molar-refractivity contribution in [2.45, 2.75) is 6.42 Å². The van der Waals surface area contributed by atoms with Gasteiger partial charge >= 0.3 is 5.97 Å². The van der Waals surface area contributed by atoms with E-state index in [1.54, 1.807) is 24.4 Å². The molecular formula is C13H11NO2. The van der Waals surface area contributed by atoms with Crippen LogP contribution >= 0.6 is 0 Å². The molecule has 0 aliphatic rings. The Labute approximate surface area is 93.7 Å². The van der Waals surface area contributed by atoms with Crippen LogP contribution in [0.25, 0.3) is 0 Å². The maximum Gasteiger partial charge on any atom is 0.317 e. The summed E-state index contributed by atoms with van der Waals surface area (Å²) in [6.45, 7) is 0. The van der Waals surface area contributed by atoms with Crippen LogP contribution in [0.5, 0.6) is 5.75 Å². The van der Waals surface area contributed by atoms with Gasteiger partial charge in [0.05, 0.1) is 12.1 Å². The van der Waals surface area contributed by atoms with Crippen LogP contribution in [0.15, 0.2) is 54.7 Å². The second-order valence-corrected chi connectivity index (χ2v) is 3.28. The van der Waals surface area contributed by atoms with Gasteiger partial charge in [0.2, 0.25) is 0 Å². The normalized spacial score (nSPS) is 9.75. The third-order valence-corrected chi connectivity index (χ3v) is 2.03. The Bertz CT molecular complexity index is 410. The number of hydrogen-bond donors (Lipinski definition) is 0. The quantitative estimate of drug-likeness (QED) is 0.579. The average molecular weight is 213 g/mol. The van der Waals surface area contributed by atoms with Crippen LogP contribution in [0.1, 0.15) is 5.69 Å². The van der Waals surface area contributed by atoms with Gasteiger partial charge < -0.3 is 4.74 Å². The van der Waals surface area contributed by atoms with E-state index in [1.165, 1.54) is 0 Å². The first kappa shape index (κ1) is 10.4. The second-order valence-electron chi connectivity index (χ2n) is 3.28. The fraction of sp³-hybridized carbons (Fsp3) is 0.0769. The molecule has 0 bridgehead atoms. The molecule has 16 heavy (non-hydrogen) atoms. The van der Waals surface area contributed by atoms with Gasteiger partial charge in [-0.2, -0.15) is 0 Å². The number of hydrogen-bond acceptors (Lipinski definition) is 3. The Hall–Kier alpha value is -2.16. The van der Waals surface area contributed by atoms with E-state index in [-0.39, 0.29) is 12.4 Å². The van der Waals surface area contributed by atoms with Crippen molar-refractivity contribution in [1.29, 1.82) is 0 Å². The molecule has 1 aromatic heterocycles. The predicted molar refractivity (Wildman–Crippen MR) is 60.0 cm³/mol. The first-order valence-electron chi connectivity index (χ1n) is 5.00. The molecule has 2 rings (SSSR count). The van der Waals surface area contributed by atoms with Gasteiger partial charge in [-0.15, -0.1) is 0 Å². The summed E-state index contributed by atoms with van der Waals surface area (Å²) in [6.07, 6.45) is 1.85. The number of ether oxygens (including phenoxy) is 1. The van der Waals surface area contributed by atoms with E-state index in [1.807, 2.05) is 30.3 Å². The van der Waals surface area contributed by atoms with Crippen molar-refractivity contribution in [2.75, 3.05) is 0 Å². The second kappa shape index (κ2) is 5.07. The van der Waals surface area contributed by atoms with E-state index in [0.29, 0.717) is 11.4 Å². The molecule has 0 atom stereocenters. The first-order valence-corrected chi connectivity index (χ1v) is 5.00. The predicted octanol–water partition coefficient (Wildman–Crippen LogP) is 2.23. The van der Waals surface area contributed by atoms with Crippen molar-refractivity contribution in [3.05, 3.63) is 60.4 Å². The van der Waals surface area contributed by atoms with E-state index in [9.17, 15) is 4.79 Å². The molecular weight excluding hydrogens is 202 g/mol. The van der Waals surface area contributed by atoms with Crippen LogP contribution in [-0.2, 0) is 11.2 Å². The maximum atomic E-state index is 11.5. The summed E-state index contributed by atoms with van der Waals surface area (Å²) in [5.41, 5.74) is 0.712. The lowest BCUT2D eigenvalue weighted by molar-refractivity contribution is -0.133. The molecule has 80 valence electrons. The van der Waals surface area contributed by atoms with Gasteiger partial charge in [0.25, 0.3) is 0 Å². The smallest absolute Gasteiger partial charge is 0.317 e. The number of para-hydroxylation sites is 1. The summed E-state index contributed by atoms with van der Waals surface area (Å²) in [5, 5.41) is 0. The zero-order valence-corrected chi connectivity index (χ0v) is 8.67. The zero-order valence-electron chi connectivity index (χ0n) is 8.67. The Morgan fingerprint density at radius 1 is 1.06 bits per heavy atom. The molecule has 0 aliphatic carbocycles. The van der Waals surface area contributed by atoms with Gasteiger partial charge in [0.1, 0.15) is 5.75 Å². The standard InChI is InChI=1S/C13H11NO2/c15-13(10-11-6-4-5-9-14-11)16-12-7-2-1-3-8-12/h1-9H,10H2. The Kier molecular flexibility index (Phi) is 3.28. The van der Waals surface area contributed by atoms with Crippen molar-refractivity contribution in [3.8, 4) is 5.75 Å². The number of carbonyl (C=O) groups is 1. The highest BCUT2D eigenvalue weighted by atomic mass is 16.5. The van der Waals surface area contributed by atoms with Crippen LogP contribution in [0.3, 0.4) is 0 Å². The fourth-order valence-corrected chi connectivity index (χ4v) is 1.31. The highest BCUT2D eigenvalue weighted by Gasteiger charge is 2.06. The molecule has 0 N–H and O–H groups in total. The molecule has 3 nitrogen and oxygen atoms in total. The lowest BCUT2D eigenvalue weighted by atomic mass is 10.3. The monoisotopic (exact) mass is 213 g/mol. The molecule has 0 radical (unpaired) electrons. The van der Waals surface area contributed by atoms with Gasteiger partial charge in [-0.3, -0.25) is 9.78 Å². The van der Waals surface area contributed by atoms with E-state index in [0.717, 1.165) is 0 Å². The van der Waals surface area contributed by atoms with Crippen LogP contribution in [0.4, 0.5) is 0 Å². The molecule has 2 aromatic rings. The fourth-order valence-electron chi connectivity index (χ4n) is 1.31. The summed E-state index contributed by atoms with van der Waals surface area (Å²) in [5.74, 6) is 0.258. The molecule has 1 aromatic carbocycles. The van der Waals surface area contributed by atoms with E-state index in [4.69, 9.17) is 4.74 Å². The van der Waals surface area contributed by atoms with Crippen molar-refractivity contribution in [1.82, 2.24) is 4.98 Å². The van der Waals surface area contributed by atoms with E-state index in [2.05, 4.69) is 4.98 Å². The lowest BCUT2D eigenvalue weighted by Crippen LogP contribution is -2.11. The van der Waals surface area contributed by atoms with E-state index >= 15 is 0 Å². The van der Waals surface area contributed by atoms with Gasteiger partial charge in [-0.05, 0) is 24.3 Å². The zero-order chi connectivity index (χ0) is 11.2. The Balaban J connectivity index is 1.95. The Morgan fingerprint density at radius 2 is 1.81 bits per heavy atom. The van der Waals surface area contributed by atoms with Gasteiger partial charge in [-0.25, -0.2) is 0 Å². The van der Waals surface area contributed by atoms with Crippen LogP contribution in [0, 0.1) is 0 Å². The molecule has 3 heteroatoms. The summed E-state index contributed by atoms with van der Waals surface area (Å²) in [4.78, 5) is 15.6. The summed E-state index contributed by atoms with van der Waals surface area (Å²) in [7, 11) is 0. The van der Waals surface area contributed by atoms with Gasteiger partial charge in [0, 0.05) is 6.20 Å². The maximum absolute atomic E-state index is 11.5. The van der Waals surface area contributed by atoms with Crippen molar-refractivity contribution in [2.24, 2.45) is 0 Å². The molecule has 0 saturated carbocycles. The molecule has 0 aliphatic heterocycles. The Morgan fingerprint density at radius 3 is 2.50 bits per heavy atom. The average Bonchev–Trinajstić information content (AvgIpc) is 2.31. The summed E-state index contributed by atoms with van der Waals surface area (Å²) >= 11 is 0. The molecule has 0 amide bonds. The number of nitrogens with zero attached hydrogens (tertiary/aromatic N) is 1. The summed E-state index contributed by atoms with van der Waals surface area (Å²) in [6, 6.07) is 14.5. The molecule has 1 heterocycles. The van der Waals surface area contributed by atoms with Crippen LogP contribution in [0.2, 0.25) is 0 Å². The van der Waals surface area contributed by atoms with Crippen molar-refractivity contribution < 1.29 is 9.53 Å². The number of carbonyl (C=O) groups excluding carboxylic acids is 1. The minimum Gasteiger partial charge on any atom is -0.426 e. The first-order chi connectivity index (χ1) is 7.84. The largest absolute Gasteiger partial charge is 0.426 e. The van der Waals surface area contributed by atoms with Crippen molar-refractivity contribution in [3.63, 3.8) is 0 Å². The summed E-state index contributed by atoms with van der Waals surface area (Å²) < 4.78 is 5.14. The minimum absolute atomic E-state index is 0.190. The number of rotatable bonds is 3. The van der Waals surface area contributed by atoms with Crippen LogP contribution in [-0.4, -0.2) is 11.0 Å². The number of aromatic nitrogens is 1. The van der Waals surface area contributed by atoms with Crippen molar-refractivity contribution >= 4 is 5.97 Å². The number of esters is 1. The van der Waals surface area contributed by atoms with Crippen LogP contribution < -0.4 is 4.74 Å². The molecule has 0 saturated heterocycles. The number of benzene rings is 1. The topological polar surface area (TPSA) is 39.2 Å².